The van der Waals surface area contributed by atoms with Crippen LogP contribution in [-0.2, 0) is 44.7 Å². The first-order valence-electron chi connectivity index (χ1n) is 12.9. The molecular formula is C30H42O6. The summed E-state index contributed by atoms with van der Waals surface area (Å²) < 4.78 is 10.4. The first kappa shape index (κ1) is 29.2. The molecule has 0 aliphatic heterocycles. The van der Waals surface area contributed by atoms with Gasteiger partial charge in [0.25, 0.3) is 0 Å². The molecule has 0 aliphatic rings. The second-order valence-electron chi connectivity index (χ2n) is 10.5. The van der Waals surface area contributed by atoms with Crippen LogP contribution in [0.15, 0.2) is 24.3 Å². The first-order valence-corrected chi connectivity index (χ1v) is 12.9. The third-order valence-electron chi connectivity index (χ3n) is 5.98. The lowest BCUT2D eigenvalue weighted by Crippen LogP contribution is -2.14. The van der Waals surface area contributed by atoms with Crippen molar-refractivity contribution >= 4 is 11.9 Å². The van der Waals surface area contributed by atoms with Gasteiger partial charge in [-0.1, -0.05) is 52.0 Å². The standard InChI is InChI=1S/C30H42O6/c1-19(2)13-25-17-23(15-21(5)29(25)33)7-9-27(31)35-11-12-36-28(32)10-8-24-16-22(6)30(34)26(18-24)14-20(3)4/h15-20,33-34H,7-14H2,1-6H3. The topological polar surface area (TPSA) is 93.1 Å². The molecule has 2 rings (SSSR count). The van der Waals surface area contributed by atoms with Gasteiger partial charge in [0, 0.05) is 12.8 Å². The smallest absolute Gasteiger partial charge is 0.306 e. The van der Waals surface area contributed by atoms with Crippen LogP contribution in [0, 0.1) is 25.7 Å². The predicted octanol–water partition coefficient (Wildman–Crippen LogP) is 5.76. The Kier molecular flexibility index (Phi) is 11.3. The number of esters is 2. The Morgan fingerprint density at radius 2 is 1.06 bits per heavy atom. The van der Waals surface area contributed by atoms with Crippen molar-refractivity contribution in [3.63, 3.8) is 0 Å². The fourth-order valence-electron chi connectivity index (χ4n) is 4.29. The summed E-state index contributed by atoms with van der Waals surface area (Å²) in [5.74, 6) is 0.803. The lowest BCUT2D eigenvalue weighted by Gasteiger charge is -2.13. The van der Waals surface area contributed by atoms with Gasteiger partial charge in [0.15, 0.2) is 0 Å². The van der Waals surface area contributed by atoms with Crippen molar-refractivity contribution in [1.29, 1.82) is 0 Å². The monoisotopic (exact) mass is 498 g/mol. The summed E-state index contributed by atoms with van der Waals surface area (Å²) in [5, 5.41) is 20.5. The van der Waals surface area contributed by atoms with Gasteiger partial charge in [0.2, 0.25) is 0 Å². The molecule has 2 N–H and O–H groups in total. The van der Waals surface area contributed by atoms with Crippen molar-refractivity contribution in [1.82, 2.24) is 0 Å². The van der Waals surface area contributed by atoms with Crippen LogP contribution in [0.2, 0.25) is 0 Å². The Morgan fingerprint density at radius 3 is 1.39 bits per heavy atom. The Labute approximate surface area is 215 Å². The molecule has 2 aromatic rings. The largest absolute Gasteiger partial charge is 0.507 e. The lowest BCUT2D eigenvalue weighted by atomic mass is 9.96. The fraction of sp³-hybridized carbons (Fsp3) is 0.533. The Balaban J connectivity index is 1.72. The van der Waals surface area contributed by atoms with Crippen LogP contribution >= 0.6 is 0 Å². The summed E-state index contributed by atoms with van der Waals surface area (Å²) in [6.07, 6.45) is 3.05. The molecule has 0 fully saturated rings. The molecular weight excluding hydrogens is 456 g/mol. The SMILES string of the molecule is Cc1cc(CCC(=O)OCCOC(=O)CCc2cc(C)c(O)c(CC(C)C)c2)cc(CC(C)C)c1O. The molecule has 0 heterocycles. The van der Waals surface area contributed by atoms with Crippen molar-refractivity contribution in [3.05, 3.63) is 57.6 Å². The molecule has 0 atom stereocenters. The van der Waals surface area contributed by atoms with Gasteiger partial charge < -0.3 is 19.7 Å². The third-order valence-corrected chi connectivity index (χ3v) is 5.98. The zero-order valence-electron chi connectivity index (χ0n) is 22.6. The summed E-state index contributed by atoms with van der Waals surface area (Å²) in [6, 6.07) is 7.71. The van der Waals surface area contributed by atoms with Crippen LogP contribution in [0.4, 0.5) is 0 Å². The first-order chi connectivity index (χ1) is 17.0. The van der Waals surface area contributed by atoms with Gasteiger partial charge in [-0.05, 0) is 84.7 Å². The minimum Gasteiger partial charge on any atom is -0.507 e. The van der Waals surface area contributed by atoms with Crippen molar-refractivity contribution in [3.8, 4) is 11.5 Å². The second kappa shape index (κ2) is 13.9. The van der Waals surface area contributed by atoms with Gasteiger partial charge >= 0.3 is 11.9 Å². The number of carbonyl (C=O) groups is 2. The van der Waals surface area contributed by atoms with Crippen molar-refractivity contribution in [2.45, 2.75) is 80.1 Å². The molecule has 0 aromatic heterocycles. The van der Waals surface area contributed by atoms with Crippen molar-refractivity contribution in [2.75, 3.05) is 13.2 Å². The second-order valence-corrected chi connectivity index (χ2v) is 10.5. The van der Waals surface area contributed by atoms with Gasteiger partial charge in [-0.3, -0.25) is 9.59 Å². The minimum atomic E-state index is -0.348. The van der Waals surface area contributed by atoms with E-state index in [9.17, 15) is 19.8 Å². The van der Waals surface area contributed by atoms with Gasteiger partial charge in [0.1, 0.15) is 24.7 Å². The number of aryl methyl sites for hydroxylation is 4. The molecule has 0 spiro atoms. The Bertz CT molecular complexity index is 955. The molecule has 6 heteroatoms. The maximum Gasteiger partial charge on any atom is 0.306 e. The molecule has 0 saturated heterocycles. The minimum absolute atomic E-state index is 0.0225. The van der Waals surface area contributed by atoms with Gasteiger partial charge in [-0.2, -0.15) is 0 Å². The van der Waals surface area contributed by atoms with E-state index in [0.29, 0.717) is 36.2 Å². The highest BCUT2D eigenvalue weighted by Crippen LogP contribution is 2.28. The van der Waals surface area contributed by atoms with Crippen LogP contribution in [0.5, 0.6) is 11.5 Å². The highest BCUT2D eigenvalue weighted by atomic mass is 16.6. The quantitative estimate of drug-likeness (QED) is 0.269. The zero-order valence-corrected chi connectivity index (χ0v) is 22.6. The number of hydrogen-bond acceptors (Lipinski definition) is 6. The van der Waals surface area contributed by atoms with Crippen molar-refractivity contribution < 1.29 is 29.3 Å². The Morgan fingerprint density at radius 1 is 0.694 bits per heavy atom. The number of carbonyl (C=O) groups excluding carboxylic acids is 2. The number of benzene rings is 2. The van der Waals surface area contributed by atoms with E-state index in [-0.39, 0.29) is 38.0 Å². The third kappa shape index (κ3) is 9.56. The van der Waals surface area contributed by atoms with E-state index in [1.54, 1.807) is 0 Å². The lowest BCUT2D eigenvalue weighted by molar-refractivity contribution is -0.152. The van der Waals surface area contributed by atoms with Gasteiger partial charge in [-0.25, -0.2) is 0 Å². The number of aromatic hydroxyl groups is 2. The number of rotatable bonds is 13. The summed E-state index contributed by atoms with van der Waals surface area (Å²) >= 11 is 0. The molecule has 0 aliphatic carbocycles. The van der Waals surface area contributed by atoms with Crippen LogP contribution in [-0.4, -0.2) is 35.4 Å². The highest BCUT2D eigenvalue weighted by molar-refractivity contribution is 5.70. The van der Waals surface area contributed by atoms with Gasteiger partial charge in [0.05, 0.1) is 0 Å². The Hall–Kier alpha value is -3.02. The van der Waals surface area contributed by atoms with E-state index in [1.807, 2.05) is 38.1 Å². The van der Waals surface area contributed by atoms with Gasteiger partial charge in [-0.15, -0.1) is 0 Å². The normalized spacial score (nSPS) is 11.2. The van der Waals surface area contributed by atoms with E-state index in [0.717, 1.165) is 46.2 Å². The zero-order chi connectivity index (χ0) is 26.8. The maximum absolute atomic E-state index is 12.1. The molecule has 0 saturated carbocycles. The average molecular weight is 499 g/mol. The summed E-state index contributed by atoms with van der Waals surface area (Å²) in [4.78, 5) is 24.2. The van der Waals surface area contributed by atoms with Crippen molar-refractivity contribution in [2.24, 2.45) is 11.8 Å². The van der Waals surface area contributed by atoms with Crippen LogP contribution in [0.25, 0.3) is 0 Å². The summed E-state index contributed by atoms with van der Waals surface area (Å²) in [5.41, 5.74) is 5.40. The summed E-state index contributed by atoms with van der Waals surface area (Å²) in [7, 11) is 0. The van der Waals surface area contributed by atoms with Crippen LogP contribution in [0.1, 0.15) is 73.9 Å². The molecule has 2 aromatic carbocycles. The van der Waals surface area contributed by atoms with E-state index in [2.05, 4.69) is 27.7 Å². The molecule has 6 nitrogen and oxygen atoms in total. The molecule has 198 valence electrons. The predicted molar refractivity (Wildman–Crippen MR) is 141 cm³/mol. The van der Waals surface area contributed by atoms with E-state index in [1.165, 1.54) is 0 Å². The number of phenols is 2. The molecule has 0 amide bonds. The maximum atomic E-state index is 12.1. The molecule has 36 heavy (non-hydrogen) atoms. The molecule has 0 unspecified atom stereocenters. The number of phenolic OH excluding ortho intramolecular Hbond substituents is 2. The molecule has 0 radical (unpaired) electrons. The number of hydrogen-bond donors (Lipinski definition) is 2. The van der Waals surface area contributed by atoms with Crippen LogP contribution in [0.3, 0.4) is 0 Å². The number of ether oxygens (including phenoxy) is 2. The fourth-order valence-corrected chi connectivity index (χ4v) is 4.29. The summed E-state index contributed by atoms with van der Waals surface area (Å²) in [6.45, 7) is 12.2. The van der Waals surface area contributed by atoms with Crippen LogP contribution < -0.4 is 0 Å². The highest BCUT2D eigenvalue weighted by Gasteiger charge is 2.13. The molecule has 0 bridgehead atoms. The van der Waals surface area contributed by atoms with E-state index < -0.39 is 0 Å². The van der Waals surface area contributed by atoms with E-state index in [4.69, 9.17) is 9.47 Å². The average Bonchev–Trinajstić information content (AvgIpc) is 2.79. The van der Waals surface area contributed by atoms with E-state index >= 15 is 0 Å².